The van der Waals surface area contributed by atoms with E-state index in [-0.39, 0.29) is 37.5 Å². The lowest BCUT2D eigenvalue weighted by Crippen LogP contribution is -2.10. The molecule has 19 nitrogen and oxygen atoms in total. The van der Waals surface area contributed by atoms with Gasteiger partial charge in [-0.1, -0.05) is 170 Å². The highest BCUT2D eigenvalue weighted by molar-refractivity contribution is 5.97. The largest absolute Gasteiger partial charge is 0.345 e. The fourth-order valence-electron chi connectivity index (χ4n) is 11.3. The highest BCUT2D eigenvalue weighted by atomic mass is 16.6. The topological polar surface area (TPSA) is 216 Å². The summed E-state index contributed by atoms with van der Waals surface area (Å²) in [5.41, 5.74) is 14.6. The van der Waals surface area contributed by atoms with E-state index in [2.05, 4.69) is 127 Å². The fraction of sp³-hybridized carbons (Fsp3) is 0.0795. The minimum absolute atomic E-state index is 0.0968. The van der Waals surface area contributed by atoms with E-state index in [9.17, 15) is 40.5 Å². The Morgan fingerprint density at radius 2 is 0.505 bits per heavy atom. The van der Waals surface area contributed by atoms with E-state index >= 15 is 0 Å². The average molecular weight is 1420 g/mol. The molecule has 0 aromatic heterocycles. The Balaban J connectivity index is 0.000000149. The van der Waals surface area contributed by atoms with Gasteiger partial charge < -0.3 is 29.4 Å². The van der Waals surface area contributed by atoms with Crippen LogP contribution in [0.2, 0.25) is 0 Å². The summed E-state index contributed by atoms with van der Waals surface area (Å²) in [6.07, 6.45) is 0. The molecule has 0 fully saturated rings. The summed E-state index contributed by atoms with van der Waals surface area (Å²) in [6, 6.07) is 113. The predicted molar refractivity (Wildman–Crippen MR) is 437 cm³/mol. The molecule has 0 saturated heterocycles. The second-order valence-corrected chi connectivity index (χ2v) is 24.3. The Hall–Kier alpha value is -14.5. The lowest BCUT2D eigenvalue weighted by molar-refractivity contribution is -0.385. The van der Waals surface area contributed by atoms with Gasteiger partial charge in [-0.25, -0.2) is 0 Å². The van der Waals surface area contributed by atoms with Crippen LogP contribution < -0.4 is 29.4 Å². The van der Waals surface area contributed by atoms with Crippen molar-refractivity contribution in [1.29, 1.82) is 5.26 Å². The minimum atomic E-state index is -0.397. The average Bonchev–Trinajstić information content (AvgIpc) is 0.807. The number of non-ortho nitro benzene ring substituents is 4. The van der Waals surface area contributed by atoms with Crippen molar-refractivity contribution in [3.63, 3.8) is 0 Å². The molecule has 0 spiro atoms. The number of rotatable bonds is 16. The number of nitro benzene ring substituents is 4. The third-order valence-corrected chi connectivity index (χ3v) is 17.4. The first-order chi connectivity index (χ1) is 51.8. The van der Waals surface area contributed by atoms with E-state index in [1.807, 2.05) is 225 Å². The number of fused-ring (bicyclic) bond motifs is 2. The van der Waals surface area contributed by atoms with Gasteiger partial charge in [0.15, 0.2) is 0 Å². The first-order valence-corrected chi connectivity index (χ1v) is 33.9. The van der Waals surface area contributed by atoms with E-state index in [1.54, 1.807) is 48.5 Å². The third kappa shape index (κ3) is 21.3. The predicted octanol–water partition coefficient (Wildman–Crippen LogP) is 22.8. The first-order valence-electron chi connectivity index (χ1n) is 33.9. The summed E-state index contributed by atoms with van der Waals surface area (Å²) in [5.74, 6) is 0. The molecule has 0 amide bonds. The maximum Gasteiger partial charge on any atom is 0.271 e. The fourth-order valence-corrected chi connectivity index (χ4v) is 11.3. The highest BCUT2D eigenvalue weighted by Gasteiger charge is 2.15. The molecule has 0 aliphatic heterocycles. The van der Waals surface area contributed by atoms with Crippen molar-refractivity contribution in [2.75, 3.05) is 71.7 Å². The number of hydrogen-bond acceptors (Lipinski definition) is 15. The van der Waals surface area contributed by atoms with Gasteiger partial charge in [0.1, 0.15) is 0 Å². The molecule has 0 unspecified atom stereocenters. The normalized spacial score (nSPS) is 10.1. The molecule has 534 valence electrons. The van der Waals surface area contributed by atoms with Crippen LogP contribution in [0, 0.1) is 58.7 Å². The zero-order chi connectivity index (χ0) is 76.2. The number of nitrogens with zero attached hydrogens (tertiary/aromatic N) is 11. The van der Waals surface area contributed by atoms with Gasteiger partial charge in [0.2, 0.25) is 0 Å². The van der Waals surface area contributed by atoms with Gasteiger partial charge in [-0.15, -0.1) is 0 Å². The summed E-state index contributed by atoms with van der Waals surface area (Å²) in [6.45, 7) is 2.11. The molecule has 19 heteroatoms. The third-order valence-electron chi connectivity index (χ3n) is 17.4. The summed E-state index contributed by atoms with van der Waals surface area (Å²) in [7, 11) is 11.8. The van der Waals surface area contributed by atoms with Crippen LogP contribution >= 0.6 is 0 Å². The Labute approximate surface area is 622 Å². The summed E-state index contributed by atoms with van der Waals surface area (Å²) >= 11 is 0. The van der Waals surface area contributed by atoms with Crippen molar-refractivity contribution >= 4 is 113 Å². The van der Waals surface area contributed by atoms with Crippen molar-refractivity contribution in [3.8, 4) is 6.07 Å². The van der Waals surface area contributed by atoms with E-state index in [0.29, 0.717) is 5.56 Å². The molecule has 14 rings (SSSR count). The van der Waals surface area contributed by atoms with E-state index in [1.165, 1.54) is 58.7 Å². The maximum atomic E-state index is 10.9. The summed E-state index contributed by atoms with van der Waals surface area (Å²) in [4.78, 5) is 53.5. The molecule has 0 atom stereocenters. The van der Waals surface area contributed by atoms with Crippen LogP contribution in [0.5, 0.6) is 0 Å². The second-order valence-electron chi connectivity index (χ2n) is 24.3. The number of aryl methyl sites for hydroxylation is 1. The van der Waals surface area contributed by atoms with E-state index in [4.69, 9.17) is 5.26 Å². The van der Waals surface area contributed by atoms with Gasteiger partial charge in [-0.05, 0) is 157 Å². The molecule has 0 aliphatic carbocycles. The molecule has 14 aromatic carbocycles. The molecule has 0 radical (unpaired) electrons. The highest BCUT2D eigenvalue weighted by Crippen LogP contribution is 2.35. The van der Waals surface area contributed by atoms with Crippen molar-refractivity contribution in [1.82, 2.24) is 0 Å². The number of nitriles is 1. The van der Waals surface area contributed by atoms with Crippen molar-refractivity contribution in [2.24, 2.45) is 0 Å². The molecule has 107 heavy (non-hydrogen) atoms. The molecule has 0 heterocycles. The molecule has 0 bridgehead atoms. The number of para-hydroxylation sites is 4. The molecular formula is C88H79N11O8. The first kappa shape index (κ1) is 76.7. The van der Waals surface area contributed by atoms with Crippen LogP contribution in [0.3, 0.4) is 0 Å². The van der Waals surface area contributed by atoms with Gasteiger partial charge in [0.25, 0.3) is 22.7 Å². The Kier molecular flexibility index (Phi) is 27.2. The van der Waals surface area contributed by atoms with Crippen LogP contribution in [-0.2, 0) is 0 Å². The van der Waals surface area contributed by atoms with Gasteiger partial charge in [-0.3, -0.25) is 40.5 Å². The molecule has 0 saturated carbocycles. The monoisotopic (exact) mass is 1420 g/mol. The smallest absolute Gasteiger partial charge is 0.271 e. The summed E-state index contributed by atoms with van der Waals surface area (Å²) in [5, 5.41) is 56.2. The zero-order valence-corrected chi connectivity index (χ0v) is 60.2. The van der Waals surface area contributed by atoms with Crippen molar-refractivity contribution in [3.05, 3.63) is 403 Å². The number of anilines is 12. The van der Waals surface area contributed by atoms with Crippen LogP contribution in [0.1, 0.15) is 11.1 Å². The number of benzene rings is 14. The van der Waals surface area contributed by atoms with Crippen LogP contribution in [-0.4, -0.2) is 62.0 Å². The lowest BCUT2D eigenvalue weighted by atomic mass is 10.1. The summed E-state index contributed by atoms with van der Waals surface area (Å²) < 4.78 is 0. The Morgan fingerprint density at radius 1 is 0.252 bits per heavy atom. The van der Waals surface area contributed by atoms with Gasteiger partial charge in [0, 0.05) is 170 Å². The number of nitro groups is 4. The maximum absolute atomic E-state index is 10.9. The molecule has 14 aromatic rings. The van der Waals surface area contributed by atoms with Gasteiger partial charge >= 0.3 is 0 Å². The van der Waals surface area contributed by atoms with E-state index in [0.717, 1.165) is 73.0 Å². The van der Waals surface area contributed by atoms with Gasteiger partial charge in [0.05, 0.1) is 31.3 Å². The van der Waals surface area contributed by atoms with Crippen LogP contribution in [0.15, 0.2) is 352 Å². The standard InChI is InChI=1S/2C17H14N2O2.C14H12N2.C14H15N.2C13H12N2O2/c1-18(14-8-5-9-15(12-14)19(20)21)17-11-4-7-13-6-2-3-10-16(13)17;1-18(14-9-11-15(12-10-14)19(20)21)17-8-4-6-13-5-2-3-7-16(13)17;1-16(13-5-3-2-4-6-13)14-9-7-12(11-15)8-10-14;1-12-7-6-10-14(11-12)15(2)13-8-4-3-5-9-13;1-14(11-6-3-2-4-7-11)12-8-5-9-13(10-12)15(16)17;1-14(11-5-3-2-4-6-11)12-7-9-13(10-8-12)15(16)17/h2*2-12H,1H3;2-10H,1H3;3-11H,1-2H3;2*2-10H,1H3. The quantitative estimate of drug-likeness (QED) is 0.0649. The molecule has 0 N–H and O–H groups in total. The Morgan fingerprint density at radius 3 is 0.850 bits per heavy atom. The van der Waals surface area contributed by atoms with Crippen LogP contribution in [0.25, 0.3) is 21.5 Å². The van der Waals surface area contributed by atoms with Crippen LogP contribution in [0.4, 0.5) is 91.0 Å². The molecule has 0 aliphatic rings. The second kappa shape index (κ2) is 38.0. The lowest BCUT2D eigenvalue weighted by Gasteiger charge is -2.21. The van der Waals surface area contributed by atoms with E-state index < -0.39 is 4.92 Å². The Bertz CT molecular complexity index is 5260. The minimum Gasteiger partial charge on any atom is -0.345 e. The van der Waals surface area contributed by atoms with Gasteiger partial charge in [-0.2, -0.15) is 5.26 Å². The SMILES string of the molecule is CN(c1ccc([N+](=O)[O-])cc1)c1cccc2ccccc12.CN(c1cccc([N+](=O)[O-])c1)c1cccc2ccccc12.CN(c1ccccc1)c1ccc(C#N)cc1.CN(c1ccccc1)c1ccc([N+](=O)[O-])cc1.CN(c1ccccc1)c1cccc([N+](=O)[O-])c1.Cc1cccc(N(C)c2ccccc2)c1. The van der Waals surface area contributed by atoms with Crippen molar-refractivity contribution < 1.29 is 19.7 Å². The zero-order valence-electron chi connectivity index (χ0n) is 60.2. The molecular weight excluding hydrogens is 1340 g/mol. The van der Waals surface area contributed by atoms with Crippen molar-refractivity contribution in [2.45, 2.75) is 6.92 Å². The number of hydrogen-bond donors (Lipinski definition) is 0.